The molecule has 4 heteroatoms. The Kier molecular flexibility index (Phi) is 9.24. The van der Waals surface area contributed by atoms with Gasteiger partial charge in [0, 0.05) is 0 Å². The molecule has 0 saturated carbocycles. The topological polar surface area (TPSA) is 64.3 Å². The maximum Gasteiger partial charge on any atom is 0.262 e. The molecule has 0 rings (SSSR count). The Morgan fingerprint density at radius 3 is 2.44 bits per heavy atom. The third-order valence-corrected chi connectivity index (χ3v) is 2.88. The minimum atomic E-state index is -0.402. The van der Waals surface area contributed by atoms with E-state index in [1.807, 2.05) is 6.92 Å². The maximum absolute atomic E-state index is 11.3. The van der Waals surface area contributed by atoms with Gasteiger partial charge in [-0.15, -0.1) is 0 Å². The van der Waals surface area contributed by atoms with Crippen LogP contribution >= 0.6 is 0 Å². The van der Waals surface area contributed by atoms with Gasteiger partial charge >= 0.3 is 0 Å². The minimum absolute atomic E-state index is 0.229. The summed E-state index contributed by atoms with van der Waals surface area (Å²) < 4.78 is 5.60. The number of hydrazine groups is 1. The molecule has 0 aromatic carbocycles. The first-order chi connectivity index (χ1) is 7.69. The highest BCUT2D eigenvalue weighted by Crippen LogP contribution is 2.14. The maximum atomic E-state index is 11.3. The third-order valence-electron chi connectivity index (χ3n) is 2.88. The minimum Gasteiger partial charge on any atom is -0.368 e. The molecule has 0 fully saturated rings. The standard InChI is InChI=1S/C12H26N2O2/c1-4-7-8-10(5-2)9-16-11(6-3)12(15)14-13/h10-11H,4-9,13H2,1-3H3,(H,14,15). The molecule has 0 radical (unpaired) electrons. The highest BCUT2D eigenvalue weighted by molar-refractivity contribution is 5.79. The van der Waals surface area contributed by atoms with Crippen molar-refractivity contribution >= 4 is 5.91 Å². The lowest BCUT2D eigenvalue weighted by atomic mass is 10.0. The van der Waals surface area contributed by atoms with Crippen LogP contribution in [0.25, 0.3) is 0 Å². The number of ether oxygens (including phenoxy) is 1. The smallest absolute Gasteiger partial charge is 0.262 e. The summed E-state index contributed by atoms with van der Waals surface area (Å²) in [4.78, 5) is 11.3. The average molecular weight is 230 g/mol. The lowest BCUT2D eigenvalue weighted by Gasteiger charge is -2.19. The van der Waals surface area contributed by atoms with Gasteiger partial charge in [-0.1, -0.05) is 40.0 Å². The van der Waals surface area contributed by atoms with Crippen LogP contribution in [0.2, 0.25) is 0 Å². The van der Waals surface area contributed by atoms with E-state index in [9.17, 15) is 4.79 Å². The molecular formula is C12H26N2O2. The lowest BCUT2D eigenvalue weighted by Crippen LogP contribution is -2.40. The largest absolute Gasteiger partial charge is 0.368 e. The molecular weight excluding hydrogens is 204 g/mol. The van der Waals surface area contributed by atoms with Gasteiger partial charge in [0.15, 0.2) is 0 Å². The van der Waals surface area contributed by atoms with Crippen molar-refractivity contribution < 1.29 is 9.53 Å². The number of hydrogen-bond donors (Lipinski definition) is 2. The van der Waals surface area contributed by atoms with Crippen molar-refractivity contribution in [2.75, 3.05) is 6.61 Å². The first-order valence-electron chi connectivity index (χ1n) is 6.31. The van der Waals surface area contributed by atoms with Crippen LogP contribution in [0, 0.1) is 5.92 Å². The van der Waals surface area contributed by atoms with Crippen LogP contribution in [0.1, 0.15) is 52.9 Å². The number of amides is 1. The monoisotopic (exact) mass is 230 g/mol. The number of nitrogens with two attached hydrogens (primary N) is 1. The van der Waals surface area contributed by atoms with Crippen LogP contribution in [0.3, 0.4) is 0 Å². The molecule has 16 heavy (non-hydrogen) atoms. The molecule has 96 valence electrons. The van der Waals surface area contributed by atoms with Crippen molar-refractivity contribution in [3.8, 4) is 0 Å². The number of rotatable bonds is 9. The molecule has 3 N–H and O–H groups in total. The Balaban J connectivity index is 3.92. The summed E-state index contributed by atoms with van der Waals surface area (Å²) in [6, 6.07) is 0. The zero-order chi connectivity index (χ0) is 12.4. The fourth-order valence-corrected chi connectivity index (χ4v) is 1.62. The van der Waals surface area contributed by atoms with E-state index < -0.39 is 6.10 Å². The van der Waals surface area contributed by atoms with Gasteiger partial charge in [-0.3, -0.25) is 10.2 Å². The van der Waals surface area contributed by atoms with Crippen molar-refractivity contribution in [3.05, 3.63) is 0 Å². The Bertz CT molecular complexity index is 186. The predicted octanol–water partition coefficient (Wildman–Crippen LogP) is 1.99. The molecule has 2 unspecified atom stereocenters. The second kappa shape index (κ2) is 9.60. The summed E-state index contributed by atoms with van der Waals surface area (Å²) >= 11 is 0. The van der Waals surface area contributed by atoms with Gasteiger partial charge in [0.1, 0.15) is 6.10 Å². The summed E-state index contributed by atoms with van der Waals surface area (Å²) in [5.74, 6) is 5.41. The number of carbonyl (C=O) groups is 1. The number of nitrogens with one attached hydrogen (secondary N) is 1. The molecule has 0 bridgehead atoms. The SMILES string of the molecule is CCCCC(CC)COC(CC)C(=O)NN. The van der Waals surface area contributed by atoms with E-state index >= 15 is 0 Å². The second-order valence-corrected chi connectivity index (χ2v) is 4.16. The first-order valence-corrected chi connectivity index (χ1v) is 6.31. The Morgan fingerprint density at radius 1 is 1.31 bits per heavy atom. The second-order valence-electron chi connectivity index (χ2n) is 4.16. The molecule has 0 heterocycles. The number of carbonyl (C=O) groups excluding carboxylic acids is 1. The van der Waals surface area contributed by atoms with Crippen molar-refractivity contribution in [3.63, 3.8) is 0 Å². The fourth-order valence-electron chi connectivity index (χ4n) is 1.62. The number of hydrogen-bond acceptors (Lipinski definition) is 3. The fraction of sp³-hybridized carbons (Fsp3) is 0.917. The van der Waals surface area contributed by atoms with E-state index in [0.29, 0.717) is 18.9 Å². The van der Waals surface area contributed by atoms with Crippen molar-refractivity contribution in [2.45, 2.75) is 59.0 Å². The molecule has 0 aliphatic rings. The van der Waals surface area contributed by atoms with Crippen LogP contribution in [0.15, 0.2) is 0 Å². The van der Waals surface area contributed by atoms with E-state index in [-0.39, 0.29) is 5.91 Å². The van der Waals surface area contributed by atoms with Crippen LogP contribution in [-0.2, 0) is 9.53 Å². The summed E-state index contributed by atoms with van der Waals surface area (Å²) in [5, 5.41) is 0. The average Bonchev–Trinajstić information content (AvgIpc) is 2.33. The third kappa shape index (κ3) is 6.08. The van der Waals surface area contributed by atoms with E-state index in [1.165, 1.54) is 19.3 Å². The summed E-state index contributed by atoms with van der Waals surface area (Å²) in [5.41, 5.74) is 2.14. The molecule has 0 aliphatic heterocycles. The van der Waals surface area contributed by atoms with Crippen LogP contribution in [0.4, 0.5) is 0 Å². The van der Waals surface area contributed by atoms with Gasteiger partial charge in [-0.2, -0.15) is 0 Å². The lowest BCUT2D eigenvalue weighted by molar-refractivity contribution is -0.134. The van der Waals surface area contributed by atoms with Crippen molar-refractivity contribution in [1.29, 1.82) is 0 Å². The van der Waals surface area contributed by atoms with E-state index in [4.69, 9.17) is 10.6 Å². The Labute approximate surface area is 98.9 Å². The Morgan fingerprint density at radius 2 is 2.00 bits per heavy atom. The highest BCUT2D eigenvalue weighted by atomic mass is 16.5. The number of unbranched alkanes of at least 4 members (excludes halogenated alkanes) is 1. The van der Waals surface area contributed by atoms with Gasteiger partial charge in [0.2, 0.25) is 0 Å². The molecule has 2 atom stereocenters. The van der Waals surface area contributed by atoms with Crippen LogP contribution < -0.4 is 11.3 Å². The van der Waals surface area contributed by atoms with Gasteiger partial charge in [-0.25, -0.2) is 5.84 Å². The summed E-state index contributed by atoms with van der Waals surface area (Å²) in [6.07, 6.45) is 4.96. The van der Waals surface area contributed by atoms with Crippen molar-refractivity contribution in [2.24, 2.45) is 11.8 Å². The van der Waals surface area contributed by atoms with Gasteiger partial charge < -0.3 is 4.74 Å². The zero-order valence-corrected chi connectivity index (χ0v) is 10.8. The molecule has 0 aliphatic carbocycles. The predicted molar refractivity (Wildman–Crippen MR) is 65.7 cm³/mol. The molecule has 0 aromatic rings. The van der Waals surface area contributed by atoms with Gasteiger partial charge in [-0.05, 0) is 18.8 Å². The van der Waals surface area contributed by atoms with E-state index in [0.717, 1.165) is 6.42 Å². The zero-order valence-electron chi connectivity index (χ0n) is 10.8. The molecule has 0 saturated heterocycles. The van der Waals surface area contributed by atoms with E-state index in [1.54, 1.807) is 0 Å². The van der Waals surface area contributed by atoms with Gasteiger partial charge in [0.05, 0.1) is 6.61 Å². The van der Waals surface area contributed by atoms with Crippen LogP contribution in [-0.4, -0.2) is 18.6 Å². The normalized spacial score (nSPS) is 14.5. The molecule has 0 spiro atoms. The molecule has 1 amide bonds. The quantitative estimate of drug-likeness (QED) is 0.362. The molecule has 4 nitrogen and oxygen atoms in total. The van der Waals surface area contributed by atoms with Crippen LogP contribution in [0.5, 0.6) is 0 Å². The summed E-state index contributed by atoms with van der Waals surface area (Å²) in [7, 11) is 0. The summed E-state index contributed by atoms with van der Waals surface area (Å²) in [6.45, 7) is 6.92. The molecule has 0 aromatic heterocycles. The van der Waals surface area contributed by atoms with E-state index in [2.05, 4.69) is 19.3 Å². The Hall–Kier alpha value is -0.610. The van der Waals surface area contributed by atoms with Gasteiger partial charge in [0.25, 0.3) is 5.91 Å². The highest BCUT2D eigenvalue weighted by Gasteiger charge is 2.17. The van der Waals surface area contributed by atoms with Crippen molar-refractivity contribution in [1.82, 2.24) is 5.43 Å². The first kappa shape index (κ1) is 15.4.